The fourth-order valence-corrected chi connectivity index (χ4v) is 2.51. The molecule has 0 bridgehead atoms. The summed E-state index contributed by atoms with van der Waals surface area (Å²) >= 11 is 0. The highest BCUT2D eigenvalue weighted by atomic mass is 15.3. The summed E-state index contributed by atoms with van der Waals surface area (Å²) in [5, 5.41) is 7.88. The van der Waals surface area contributed by atoms with Crippen molar-refractivity contribution in [1.82, 2.24) is 20.0 Å². The topological polar surface area (TPSA) is 33.1 Å². The summed E-state index contributed by atoms with van der Waals surface area (Å²) in [7, 11) is 1.98. The van der Waals surface area contributed by atoms with Crippen molar-refractivity contribution < 1.29 is 0 Å². The molecule has 0 atom stereocenters. The molecule has 96 valence electrons. The summed E-state index contributed by atoms with van der Waals surface area (Å²) < 4.78 is 1.88. The third-order valence-corrected chi connectivity index (χ3v) is 3.58. The Balaban J connectivity index is 1.83. The van der Waals surface area contributed by atoms with Gasteiger partial charge in [0.15, 0.2) is 0 Å². The Bertz CT molecular complexity index is 328. The molecule has 0 amide bonds. The summed E-state index contributed by atoms with van der Waals surface area (Å²) in [5.41, 5.74) is 1.18. The Morgan fingerprint density at radius 2 is 2.24 bits per heavy atom. The maximum Gasteiger partial charge on any atom is 0.0764 e. The van der Waals surface area contributed by atoms with Crippen LogP contribution in [-0.2, 0) is 13.6 Å². The van der Waals surface area contributed by atoms with Gasteiger partial charge in [0.25, 0.3) is 0 Å². The van der Waals surface area contributed by atoms with Crippen molar-refractivity contribution >= 4 is 0 Å². The van der Waals surface area contributed by atoms with Crippen molar-refractivity contribution in [2.75, 3.05) is 26.2 Å². The molecule has 1 aromatic heterocycles. The van der Waals surface area contributed by atoms with Crippen LogP contribution in [0, 0.1) is 5.92 Å². The highest BCUT2D eigenvalue weighted by Crippen LogP contribution is 2.14. The summed E-state index contributed by atoms with van der Waals surface area (Å²) in [6.45, 7) is 7.93. The van der Waals surface area contributed by atoms with Crippen LogP contribution >= 0.6 is 0 Å². The maximum atomic E-state index is 4.45. The quantitative estimate of drug-likeness (QED) is 0.835. The number of rotatable bonds is 5. The van der Waals surface area contributed by atoms with Crippen LogP contribution < -0.4 is 5.32 Å². The van der Waals surface area contributed by atoms with Crippen LogP contribution in [0.3, 0.4) is 0 Å². The smallest absolute Gasteiger partial charge is 0.0764 e. The molecule has 1 N–H and O–H groups in total. The van der Waals surface area contributed by atoms with E-state index >= 15 is 0 Å². The van der Waals surface area contributed by atoms with Gasteiger partial charge < -0.3 is 5.32 Å². The average molecular weight is 236 g/mol. The van der Waals surface area contributed by atoms with E-state index in [-0.39, 0.29) is 0 Å². The predicted octanol–water partition coefficient (Wildman–Crippen LogP) is 1.24. The molecule has 0 spiro atoms. The van der Waals surface area contributed by atoms with E-state index in [4.69, 9.17) is 0 Å². The zero-order valence-corrected chi connectivity index (χ0v) is 11.0. The first-order valence-corrected chi connectivity index (χ1v) is 6.69. The predicted molar refractivity (Wildman–Crippen MR) is 69.8 cm³/mol. The van der Waals surface area contributed by atoms with Crippen molar-refractivity contribution in [3.63, 3.8) is 0 Å². The van der Waals surface area contributed by atoms with Crippen LogP contribution in [0.25, 0.3) is 0 Å². The van der Waals surface area contributed by atoms with Gasteiger partial charge in [-0.05, 0) is 44.5 Å². The van der Waals surface area contributed by atoms with Crippen LogP contribution in [0.1, 0.15) is 25.5 Å². The van der Waals surface area contributed by atoms with Gasteiger partial charge in [-0.2, -0.15) is 5.10 Å². The van der Waals surface area contributed by atoms with Crippen molar-refractivity contribution in [1.29, 1.82) is 0 Å². The summed E-state index contributed by atoms with van der Waals surface area (Å²) in [6.07, 6.45) is 4.66. The van der Waals surface area contributed by atoms with E-state index in [0.29, 0.717) is 0 Å². The normalized spacial score (nSPS) is 17.8. The molecular formula is C13H24N4. The van der Waals surface area contributed by atoms with Crippen molar-refractivity contribution in [2.24, 2.45) is 13.0 Å². The standard InChI is InChI=1S/C13H24N4/c1-3-17(10-12-4-7-14-8-5-12)11-13-6-9-16(2)15-13/h6,9,12,14H,3-5,7-8,10-11H2,1-2H3. The van der Waals surface area contributed by atoms with Gasteiger partial charge in [0.2, 0.25) is 0 Å². The first kappa shape index (κ1) is 12.6. The first-order valence-electron chi connectivity index (χ1n) is 6.69. The molecule has 0 radical (unpaired) electrons. The molecule has 2 rings (SSSR count). The third-order valence-electron chi connectivity index (χ3n) is 3.58. The van der Waals surface area contributed by atoms with E-state index in [1.807, 2.05) is 17.9 Å². The van der Waals surface area contributed by atoms with Gasteiger partial charge in [0.05, 0.1) is 5.69 Å². The van der Waals surface area contributed by atoms with E-state index in [9.17, 15) is 0 Å². The Labute approximate surface area is 104 Å². The molecular weight excluding hydrogens is 212 g/mol. The zero-order chi connectivity index (χ0) is 12.1. The van der Waals surface area contributed by atoms with Crippen molar-refractivity contribution in [3.8, 4) is 0 Å². The van der Waals surface area contributed by atoms with E-state index in [1.54, 1.807) is 0 Å². The minimum Gasteiger partial charge on any atom is -0.317 e. The number of aryl methyl sites for hydroxylation is 1. The van der Waals surface area contributed by atoms with Crippen LogP contribution in [0.5, 0.6) is 0 Å². The van der Waals surface area contributed by atoms with E-state index < -0.39 is 0 Å². The van der Waals surface area contributed by atoms with Gasteiger partial charge in [-0.1, -0.05) is 6.92 Å². The molecule has 0 unspecified atom stereocenters. The third kappa shape index (κ3) is 3.82. The number of nitrogens with zero attached hydrogens (tertiary/aromatic N) is 3. The highest BCUT2D eigenvalue weighted by Gasteiger charge is 2.16. The fourth-order valence-electron chi connectivity index (χ4n) is 2.51. The lowest BCUT2D eigenvalue weighted by Gasteiger charge is -2.28. The summed E-state index contributed by atoms with van der Waals surface area (Å²) in [6, 6.07) is 2.12. The minimum absolute atomic E-state index is 0.861. The van der Waals surface area contributed by atoms with Crippen molar-refractivity contribution in [2.45, 2.75) is 26.3 Å². The van der Waals surface area contributed by atoms with Crippen molar-refractivity contribution in [3.05, 3.63) is 18.0 Å². The second-order valence-electron chi connectivity index (χ2n) is 5.00. The number of hydrogen-bond acceptors (Lipinski definition) is 3. The average Bonchev–Trinajstić information content (AvgIpc) is 2.75. The molecule has 1 aliphatic rings. The van der Waals surface area contributed by atoms with Gasteiger partial charge in [0.1, 0.15) is 0 Å². The number of piperidine rings is 1. The fraction of sp³-hybridized carbons (Fsp3) is 0.769. The van der Waals surface area contributed by atoms with E-state index in [2.05, 4.69) is 28.3 Å². The van der Waals surface area contributed by atoms with Crippen LogP contribution in [0.4, 0.5) is 0 Å². The number of hydrogen-bond donors (Lipinski definition) is 1. The largest absolute Gasteiger partial charge is 0.317 e. The molecule has 0 aromatic carbocycles. The summed E-state index contributed by atoms with van der Waals surface area (Å²) in [5.74, 6) is 0.861. The molecule has 1 saturated heterocycles. The lowest BCUT2D eigenvalue weighted by Crippen LogP contribution is -2.36. The molecule has 17 heavy (non-hydrogen) atoms. The molecule has 1 fully saturated rings. The summed E-state index contributed by atoms with van der Waals surface area (Å²) in [4.78, 5) is 2.51. The second kappa shape index (κ2) is 6.17. The number of aromatic nitrogens is 2. The molecule has 1 aliphatic heterocycles. The van der Waals surface area contributed by atoms with E-state index in [1.165, 1.54) is 38.2 Å². The molecule has 4 nitrogen and oxygen atoms in total. The highest BCUT2D eigenvalue weighted by molar-refractivity contribution is 4.98. The lowest BCUT2D eigenvalue weighted by atomic mass is 9.97. The van der Waals surface area contributed by atoms with Gasteiger partial charge >= 0.3 is 0 Å². The monoisotopic (exact) mass is 236 g/mol. The Hall–Kier alpha value is -0.870. The molecule has 2 heterocycles. The second-order valence-corrected chi connectivity index (χ2v) is 5.00. The molecule has 0 saturated carbocycles. The number of nitrogens with one attached hydrogen (secondary N) is 1. The van der Waals surface area contributed by atoms with Crippen LogP contribution in [0.15, 0.2) is 12.3 Å². The maximum absolute atomic E-state index is 4.45. The van der Waals surface area contributed by atoms with Gasteiger partial charge in [-0.15, -0.1) is 0 Å². The molecule has 1 aromatic rings. The minimum atomic E-state index is 0.861. The van der Waals surface area contributed by atoms with E-state index in [0.717, 1.165) is 19.0 Å². The van der Waals surface area contributed by atoms with Gasteiger partial charge in [0, 0.05) is 26.3 Å². The first-order chi connectivity index (χ1) is 8.28. The lowest BCUT2D eigenvalue weighted by molar-refractivity contribution is 0.205. The van der Waals surface area contributed by atoms with Gasteiger partial charge in [-0.25, -0.2) is 0 Å². The van der Waals surface area contributed by atoms with Gasteiger partial charge in [-0.3, -0.25) is 9.58 Å². The van der Waals surface area contributed by atoms with Crippen LogP contribution in [0.2, 0.25) is 0 Å². The molecule has 0 aliphatic carbocycles. The Morgan fingerprint density at radius 3 is 2.82 bits per heavy atom. The SMILES string of the molecule is CCN(Cc1ccn(C)n1)CC1CCNCC1. The van der Waals surface area contributed by atoms with Crippen LogP contribution in [-0.4, -0.2) is 40.9 Å². The Kier molecular flexibility index (Phi) is 4.57. The Morgan fingerprint density at radius 1 is 1.47 bits per heavy atom. The molecule has 4 heteroatoms. The zero-order valence-electron chi connectivity index (χ0n) is 11.0.